The normalized spacial score (nSPS) is 11.5. The van der Waals surface area contributed by atoms with E-state index < -0.39 is 0 Å². The Morgan fingerprint density at radius 2 is 2.00 bits per heavy atom. The Balaban J connectivity index is 2.19. The molecule has 20 heavy (non-hydrogen) atoms. The molecule has 2 aromatic rings. The van der Waals surface area contributed by atoms with Crippen molar-refractivity contribution in [2.24, 2.45) is 0 Å². The smallest absolute Gasteiger partial charge is 0.146 e. The van der Waals surface area contributed by atoms with E-state index >= 15 is 0 Å². The number of halogens is 1. The van der Waals surface area contributed by atoms with Gasteiger partial charge in [-0.2, -0.15) is 5.26 Å². The molecule has 1 aromatic heterocycles. The largest absolute Gasteiger partial charge is 0.497 e. The zero-order valence-corrected chi connectivity index (χ0v) is 12.0. The summed E-state index contributed by atoms with van der Waals surface area (Å²) in [6.45, 7) is 2.00. The molecule has 1 atom stereocenters. The summed E-state index contributed by atoms with van der Waals surface area (Å²) >= 11 is 6.12. The highest BCUT2D eigenvalue weighted by atomic mass is 35.5. The summed E-state index contributed by atoms with van der Waals surface area (Å²) in [7, 11) is 1.63. The molecule has 0 fully saturated rings. The van der Waals surface area contributed by atoms with Crippen LogP contribution in [0.3, 0.4) is 0 Å². The van der Waals surface area contributed by atoms with Gasteiger partial charge < -0.3 is 10.1 Å². The Morgan fingerprint density at radius 1 is 1.30 bits per heavy atom. The van der Waals surface area contributed by atoms with Crippen molar-refractivity contribution in [3.63, 3.8) is 0 Å². The summed E-state index contributed by atoms with van der Waals surface area (Å²) in [4.78, 5) is 4.17. The molecule has 0 aliphatic carbocycles. The molecule has 1 aromatic carbocycles. The van der Waals surface area contributed by atoms with Gasteiger partial charge in [0.05, 0.1) is 12.7 Å². The molecule has 1 N–H and O–H groups in total. The van der Waals surface area contributed by atoms with Crippen molar-refractivity contribution in [2.75, 3.05) is 12.4 Å². The molecule has 2 rings (SSSR count). The van der Waals surface area contributed by atoms with Crippen LogP contribution in [0.5, 0.6) is 5.75 Å². The van der Waals surface area contributed by atoms with Crippen LogP contribution in [0, 0.1) is 11.3 Å². The number of nitrogens with zero attached hydrogens (tertiary/aromatic N) is 2. The number of benzene rings is 1. The van der Waals surface area contributed by atoms with Gasteiger partial charge >= 0.3 is 0 Å². The fraction of sp³-hybridized carbons (Fsp3) is 0.200. The van der Waals surface area contributed by atoms with Gasteiger partial charge in [0.25, 0.3) is 0 Å². The zero-order valence-electron chi connectivity index (χ0n) is 11.2. The van der Waals surface area contributed by atoms with Gasteiger partial charge in [-0.3, -0.25) is 0 Å². The van der Waals surface area contributed by atoms with Crippen molar-refractivity contribution in [3.05, 3.63) is 52.7 Å². The van der Waals surface area contributed by atoms with Gasteiger partial charge in [-0.25, -0.2) is 4.98 Å². The second-order valence-corrected chi connectivity index (χ2v) is 4.65. The van der Waals surface area contributed by atoms with Crippen LogP contribution in [0.4, 0.5) is 5.82 Å². The van der Waals surface area contributed by atoms with E-state index in [-0.39, 0.29) is 6.04 Å². The SMILES string of the molecule is COc1ccc(C(C)Nc2nccc(C#N)c2Cl)cc1. The standard InChI is InChI=1S/C15H14ClN3O/c1-10(11-3-5-13(20-2)6-4-11)19-15-14(16)12(9-17)7-8-18-15/h3-8,10H,1-2H3,(H,18,19). The fourth-order valence-electron chi connectivity index (χ4n) is 1.81. The predicted octanol–water partition coefficient (Wildman–Crippen LogP) is 3.79. The molecule has 102 valence electrons. The first-order valence-corrected chi connectivity index (χ1v) is 6.48. The maximum absolute atomic E-state index is 8.95. The van der Waals surface area contributed by atoms with Crippen LogP contribution in [0.25, 0.3) is 0 Å². The summed E-state index contributed by atoms with van der Waals surface area (Å²) in [5, 5.41) is 12.5. The molecule has 0 aliphatic heterocycles. The summed E-state index contributed by atoms with van der Waals surface area (Å²) in [6.07, 6.45) is 1.56. The van der Waals surface area contributed by atoms with E-state index in [1.54, 1.807) is 19.4 Å². The number of nitriles is 1. The maximum Gasteiger partial charge on any atom is 0.146 e. The second-order valence-electron chi connectivity index (χ2n) is 4.27. The average Bonchev–Trinajstić information content (AvgIpc) is 2.49. The minimum absolute atomic E-state index is 0.0137. The highest BCUT2D eigenvalue weighted by Crippen LogP contribution is 2.27. The van der Waals surface area contributed by atoms with Crippen molar-refractivity contribution in [2.45, 2.75) is 13.0 Å². The molecule has 0 spiro atoms. The Labute approximate surface area is 123 Å². The van der Waals surface area contributed by atoms with Crippen LogP contribution < -0.4 is 10.1 Å². The molecule has 1 heterocycles. The topological polar surface area (TPSA) is 57.9 Å². The molecule has 1 unspecified atom stereocenters. The van der Waals surface area contributed by atoms with E-state index in [1.807, 2.05) is 37.3 Å². The lowest BCUT2D eigenvalue weighted by molar-refractivity contribution is 0.414. The number of methoxy groups -OCH3 is 1. The van der Waals surface area contributed by atoms with Crippen molar-refractivity contribution in [1.82, 2.24) is 4.98 Å². The third kappa shape index (κ3) is 3.01. The summed E-state index contributed by atoms with van der Waals surface area (Å²) in [5.41, 5.74) is 1.48. The third-order valence-corrected chi connectivity index (χ3v) is 3.36. The lowest BCUT2D eigenvalue weighted by Crippen LogP contribution is -2.08. The Hall–Kier alpha value is -2.25. The van der Waals surface area contributed by atoms with E-state index in [0.29, 0.717) is 16.4 Å². The van der Waals surface area contributed by atoms with Crippen molar-refractivity contribution >= 4 is 17.4 Å². The summed E-state index contributed by atoms with van der Waals surface area (Å²) in [6, 6.07) is 11.4. The molecule has 0 radical (unpaired) electrons. The van der Waals surface area contributed by atoms with Gasteiger partial charge in [0, 0.05) is 12.2 Å². The average molecular weight is 288 g/mol. The number of rotatable bonds is 4. The van der Waals surface area contributed by atoms with E-state index in [0.717, 1.165) is 11.3 Å². The number of pyridine rings is 1. The summed E-state index contributed by atoms with van der Waals surface area (Å²) in [5.74, 6) is 1.32. The third-order valence-electron chi connectivity index (χ3n) is 2.98. The number of hydrogen-bond donors (Lipinski definition) is 1. The highest BCUT2D eigenvalue weighted by Gasteiger charge is 2.11. The molecule has 0 saturated heterocycles. The maximum atomic E-state index is 8.95. The zero-order chi connectivity index (χ0) is 14.5. The quantitative estimate of drug-likeness (QED) is 0.929. The Morgan fingerprint density at radius 3 is 2.60 bits per heavy atom. The monoisotopic (exact) mass is 287 g/mol. The molecule has 5 heteroatoms. The van der Waals surface area contributed by atoms with Gasteiger partial charge in [-0.15, -0.1) is 0 Å². The molecule has 0 amide bonds. The minimum atomic E-state index is 0.0137. The highest BCUT2D eigenvalue weighted by molar-refractivity contribution is 6.34. The predicted molar refractivity (Wildman–Crippen MR) is 79.0 cm³/mol. The first kappa shape index (κ1) is 14.2. The molecular formula is C15H14ClN3O. The minimum Gasteiger partial charge on any atom is -0.497 e. The van der Waals surface area contributed by atoms with Crippen molar-refractivity contribution < 1.29 is 4.74 Å². The Bertz CT molecular complexity index is 635. The fourth-order valence-corrected chi connectivity index (χ4v) is 2.02. The number of hydrogen-bond acceptors (Lipinski definition) is 4. The molecule has 4 nitrogen and oxygen atoms in total. The van der Waals surface area contributed by atoms with Crippen LogP contribution in [-0.2, 0) is 0 Å². The van der Waals surface area contributed by atoms with Crippen LogP contribution in [0.15, 0.2) is 36.5 Å². The van der Waals surface area contributed by atoms with Crippen LogP contribution in [0.1, 0.15) is 24.1 Å². The van der Waals surface area contributed by atoms with Crippen LogP contribution >= 0.6 is 11.6 Å². The van der Waals surface area contributed by atoms with Gasteiger partial charge in [-0.1, -0.05) is 23.7 Å². The number of nitrogens with one attached hydrogen (secondary N) is 1. The van der Waals surface area contributed by atoms with E-state index in [2.05, 4.69) is 10.3 Å². The van der Waals surface area contributed by atoms with E-state index in [9.17, 15) is 0 Å². The van der Waals surface area contributed by atoms with Crippen LogP contribution in [-0.4, -0.2) is 12.1 Å². The molecular weight excluding hydrogens is 274 g/mol. The van der Waals surface area contributed by atoms with E-state index in [1.165, 1.54) is 0 Å². The number of aromatic nitrogens is 1. The van der Waals surface area contributed by atoms with Crippen molar-refractivity contribution in [3.8, 4) is 11.8 Å². The first-order chi connectivity index (χ1) is 9.65. The first-order valence-electron chi connectivity index (χ1n) is 6.10. The Kier molecular flexibility index (Phi) is 4.44. The molecule has 0 bridgehead atoms. The molecule has 0 saturated carbocycles. The van der Waals surface area contributed by atoms with Gasteiger partial charge in [0.15, 0.2) is 0 Å². The summed E-state index contributed by atoms with van der Waals surface area (Å²) < 4.78 is 5.13. The number of anilines is 1. The number of ether oxygens (including phenoxy) is 1. The van der Waals surface area contributed by atoms with Gasteiger partial charge in [-0.05, 0) is 30.7 Å². The van der Waals surface area contributed by atoms with Gasteiger partial charge in [0.2, 0.25) is 0 Å². The van der Waals surface area contributed by atoms with Crippen molar-refractivity contribution in [1.29, 1.82) is 5.26 Å². The molecule has 0 aliphatic rings. The van der Waals surface area contributed by atoms with Gasteiger partial charge in [0.1, 0.15) is 22.7 Å². The second kappa shape index (κ2) is 6.27. The van der Waals surface area contributed by atoms with E-state index in [4.69, 9.17) is 21.6 Å². The van der Waals surface area contributed by atoms with Crippen LogP contribution in [0.2, 0.25) is 5.02 Å². The lowest BCUT2D eigenvalue weighted by atomic mass is 10.1. The lowest BCUT2D eigenvalue weighted by Gasteiger charge is -2.16.